The Morgan fingerprint density at radius 2 is 1.76 bits per heavy atom. The third-order valence-electron chi connectivity index (χ3n) is 4.40. The lowest BCUT2D eigenvalue weighted by Crippen LogP contribution is -2.47. The number of likely N-dealkylation sites (N-methyl/N-ethyl adjacent to an activating group) is 1. The van der Waals surface area contributed by atoms with Gasteiger partial charge in [-0.3, -0.25) is 9.59 Å². The quantitative estimate of drug-likeness (QED) is 0.609. The lowest BCUT2D eigenvalue weighted by atomic mass is 10.1. The number of carbonyl (C=O) groups excluding carboxylic acids is 2. The van der Waals surface area contributed by atoms with E-state index >= 15 is 0 Å². The molecule has 0 bridgehead atoms. The van der Waals surface area contributed by atoms with Gasteiger partial charge >= 0.3 is 0 Å². The summed E-state index contributed by atoms with van der Waals surface area (Å²) in [6.45, 7) is 1.98. The Hall–Kier alpha value is -1.89. The fourth-order valence-electron chi connectivity index (χ4n) is 2.69. The van der Waals surface area contributed by atoms with Crippen LogP contribution in [0.2, 0.25) is 10.0 Å². The van der Waals surface area contributed by atoms with E-state index in [1.54, 1.807) is 44.2 Å². The molecule has 0 fully saturated rings. The number of amides is 2. The molecule has 0 aliphatic carbocycles. The van der Waals surface area contributed by atoms with E-state index < -0.39 is 6.04 Å². The molecule has 0 radical (unpaired) electrons. The van der Waals surface area contributed by atoms with Crippen molar-refractivity contribution in [2.75, 3.05) is 19.9 Å². The summed E-state index contributed by atoms with van der Waals surface area (Å²) in [6, 6.07) is 12.3. The number of halogens is 2. The van der Waals surface area contributed by atoms with E-state index in [9.17, 15) is 9.59 Å². The van der Waals surface area contributed by atoms with Gasteiger partial charge in [-0.1, -0.05) is 41.4 Å². The Labute approximate surface area is 185 Å². The maximum atomic E-state index is 12.9. The zero-order chi connectivity index (χ0) is 21.4. The molecular formula is C21H24Cl2N2O3S. The monoisotopic (exact) mass is 454 g/mol. The number of nitrogens with one attached hydrogen (secondary N) is 1. The highest BCUT2D eigenvalue weighted by Crippen LogP contribution is 2.24. The highest BCUT2D eigenvalue weighted by Gasteiger charge is 2.25. The molecule has 1 atom stereocenters. The van der Waals surface area contributed by atoms with Crippen LogP contribution >= 0.6 is 35.0 Å². The molecule has 29 heavy (non-hydrogen) atoms. The van der Waals surface area contributed by atoms with E-state index in [1.165, 1.54) is 11.8 Å². The summed E-state index contributed by atoms with van der Waals surface area (Å²) >= 11 is 13.6. The lowest BCUT2D eigenvalue weighted by molar-refractivity contribution is -0.138. The number of thioether (sulfide) groups is 1. The minimum absolute atomic E-state index is 0.120. The van der Waals surface area contributed by atoms with Crippen LogP contribution in [-0.4, -0.2) is 42.7 Å². The molecule has 0 unspecified atom stereocenters. The Morgan fingerprint density at radius 1 is 1.10 bits per heavy atom. The highest BCUT2D eigenvalue weighted by atomic mass is 35.5. The van der Waals surface area contributed by atoms with E-state index in [2.05, 4.69) is 5.32 Å². The molecular weight excluding hydrogens is 431 g/mol. The second kappa shape index (κ2) is 11.3. The smallest absolute Gasteiger partial charge is 0.242 e. The first-order valence-corrected chi connectivity index (χ1v) is 10.9. The van der Waals surface area contributed by atoms with Gasteiger partial charge in [-0.15, -0.1) is 11.8 Å². The summed E-state index contributed by atoms with van der Waals surface area (Å²) in [5.41, 5.74) is 1.91. The van der Waals surface area contributed by atoms with E-state index in [1.807, 2.05) is 24.3 Å². The van der Waals surface area contributed by atoms with Crippen LogP contribution in [0, 0.1) is 0 Å². The first-order valence-electron chi connectivity index (χ1n) is 9.01. The summed E-state index contributed by atoms with van der Waals surface area (Å²) in [4.78, 5) is 26.6. The third kappa shape index (κ3) is 6.84. The normalized spacial score (nSPS) is 11.6. The fourth-order valence-corrected chi connectivity index (χ4v) is 3.88. The molecule has 2 amide bonds. The Morgan fingerprint density at radius 3 is 2.34 bits per heavy atom. The van der Waals surface area contributed by atoms with Crippen LogP contribution in [0.1, 0.15) is 18.1 Å². The van der Waals surface area contributed by atoms with Crippen LogP contribution in [0.15, 0.2) is 42.5 Å². The van der Waals surface area contributed by atoms with Crippen molar-refractivity contribution in [1.82, 2.24) is 10.2 Å². The third-order valence-corrected chi connectivity index (χ3v) is 6.13. The second-order valence-corrected chi connectivity index (χ2v) is 8.20. The van der Waals surface area contributed by atoms with Gasteiger partial charge in [-0.25, -0.2) is 0 Å². The number of methoxy groups -OCH3 is 1. The molecule has 0 aliphatic heterocycles. The zero-order valence-electron chi connectivity index (χ0n) is 16.6. The minimum Gasteiger partial charge on any atom is -0.497 e. The van der Waals surface area contributed by atoms with Crippen LogP contribution < -0.4 is 10.1 Å². The summed E-state index contributed by atoms with van der Waals surface area (Å²) in [7, 11) is 3.18. The fraction of sp³-hybridized carbons (Fsp3) is 0.333. The number of hydrogen-bond donors (Lipinski definition) is 1. The van der Waals surface area contributed by atoms with Crippen molar-refractivity contribution in [3.05, 3.63) is 63.6 Å². The number of rotatable bonds is 9. The maximum Gasteiger partial charge on any atom is 0.242 e. The van der Waals surface area contributed by atoms with Crippen molar-refractivity contribution in [2.24, 2.45) is 0 Å². The Kier molecular flexibility index (Phi) is 9.14. The van der Waals surface area contributed by atoms with Gasteiger partial charge in [-0.2, -0.15) is 0 Å². The number of nitrogens with zero attached hydrogens (tertiary/aromatic N) is 1. The maximum absolute atomic E-state index is 12.9. The van der Waals surface area contributed by atoms with Gasteiger partial charge in [-0.05, 0) is 42.3 Å². The van der Waals surface area contributed by atoms with Crippen LogP contribution in [0.25, 0.3) is 0 Å². The molecule has 0 aromatic heterocycles. The molecule has 8 heteroatoms. The van der Waals surface area contributed by atoms with Crippen molar-refractivity contribution in [1.29, 1.82) is 0 Å². The van der Waals surface area contributed by atoms with Gasteiger partial charge in [0, 0.05) is 19.3 Å². The molecule has 0 saturated heterocycles. The Bertz CT molecular complexity index is 846. The topological polar surface area (TPSA) is 58.6 Å². The molecule has 5 nitrogen and oxygen atoms in total. The largest absolute Gasteiger partial charge is 0.497 e. The van der Waals surface area contributed by atoms with E-state index in [4.69, 9.17) is 27.9 Å². The molecule has 2 aromatic rings. The standard InChI is InChI=1S/C21H24Cl2N2O3S/c1-14(21(27)24-2)25(11-16-6-9-18(22)19(23)10-16)20(26)13-29-12-15-4-7-17(28-3)8-5-15/h4-10,14H,11-13H2,1-3H3,(H,24,27)/t14-/m1/s1. The first-order chi connectivity index (χ1) is 13.8. The van der Waals surface area contributed by atoms with Gasteiger partial charge < -0.3 is 15.0 Å². The average molecular weight is 455 g/mol. The predicted octanol–water partition coefficient (Wildman–Crippen LogP) is 4.40. The van der Waals surface area contributed by atoms with Crippen molar-refractivity contribution in [3.63, 3.8) is 0 Å². The molecule has 2 rings (SSSR count). The molecule has 2 aromatic carbocycles. The second-order valence-electron chi connectivity index (χ2n) is 6.40. The molecule has 1 N–H and O–H groups in total. The van der Waals surface area contributed by atoms with E-state index in [-0.39, 0.29) is 24.1 Å². The first kappa shape index (κ1) is 23.4. The number of carbonyl (C=O) groups is 2. The summed E-state index contributed by atoms with van der Waals surface area (Å²) in [5.74, 6) is 1.39. The van der Waals surface area contributed by atoms with E-state index in [0.29, 0.717) is 15.8 Å². The van der Waals surface area contributed by atoms with Crippen LogP contribution in [-0.2, 0) is 21.9 Å². The van der Waals surface area contributed by atoms with Crippen molar-refractivity contribution in [2.45, 2.75) is 25.3 Å². The van der Waals surface area contributed by atoms with Crippen LogP contribution in [0.3, 0.4) is 0 Å². The zero-order valence-corrected chi connectivity index (χ0v) is 18.9. The van der Waals surface area contributed by atoms with Crippen LogP contribution in [0.4, 0.5) is 0 Å². The SMILES string of the molecule is CNC(=O)[C@@H](C)N(Cc1ccc(Cl)c(Cl)c1)C(=O)CSCc1ccc(OC)cc1. The van der Waals surface area contributed by atoms with E-state index in [0.717, 1.165) is 16.9 Å². The molecule has 0 spiro atoms. The summed E-state index contributed by atoms with van der Waals surface area (Å²) in [6.07, 6.45) is 0. The molecule has 0 saturated carbocycles. The van der Waals surface area contributed by atoms with Gasteiger partial charge in [0.2, 0.25) is 11.8 Å². The Balaban J connectivity index is 2.04. The van der Waals surface area contributed by atoms with Gasteiger partial charge in [0.1, 0.15) is 11.8 Å². The van der Waals surface area contributed by atoms with Crippen LogP contribution in [0.5, 0.6) is 5.75 Å². The van der Waals surface area contributed by atoms with Crippen molar-refractivity contribution >= 4 is 46.8 Å². The lowest BCUT2D eigenvalue weighted by Gasteiger charge is -2.28. The average Bonchev–Trinajstić information content (AvgIpc) is 2.73. The molecule has 0 aliphatic rings. The molecule has 0 heterocycles. The predicted molar refractivity (Wildman–Crippen MR) is 120 cm³/mol. The van der Waals surface area contributed by atoms with Crippen molar-refractivity contribution < 1.29 is 14.3 Å². The van der Waals surface area contributed by atoms with Gasteiger partial charge in [0.15, 0.2) is 0 Å². The number of hydrogen-bond acceptors (Lipinski definition) is 4. The number of ether oxygens (including phenoxy) is 1. The number of benzene rings is 2. The van der Waals surface area contributed by atoms with Crippen molar-refractivity contribution in [3.8, 4) is 5.75 Å². The summed E-state index contributed by atoms with van der Waals surface area (Å²) in [5, 5.41) is 3.46. The molecule has 156 valence electrons. The van der Waals surface area contributed by atoms with Gasteiger partial charge in [0.25, 0.3) is 0 Å². The van der Waals surface area contributed by atoms with Gasteiger partial charge in [0.05, 0.1) is 22.9 Å². The summed E-state index contributed by atoms with van der Waals surface area (Å²) < 4.78 is 5.15. The highest BCUT2D eigenvalue weighted by molar-refractivity contribution is 7.99. The minimum atomic E-state index is -0.608.